The Kier molecular flexibility index (Phi) is 2.91. The second kappa shape index (κ2) is 4.17. The van der Waals surface area contributed by atoms with Gasteiger partial charge in [0.2, 0.25) is 5.88 Å². The molecule has 3 nitrogen and oxygen atoms in total. The molecule has 0 radical (unpaired) electrons. The fourth-order valence-electron chi connectivity index (χ4n) is 1.64. The molecule has 1 heterocycles. The summed E-state index contributed by atoms with van der Waals surface area (Å²) in [6.07, 6.45) is 4.98. The molecule has 0 aromatic carbocycles. The maximum Gasteiger partial charge on any atom is 0.219 e. The number of aromatic nitrogens is 2. The Bertz CT molecular complexity index is 326. The van der Waals surface area contributed by atoms with Gasteiger partial charge >= 0.3 is 0 Å². The average Bonchev–Trinajstić information content (AvgIpc) is 3.02. The van der Waals surface area contributed by atoms with Gasteiger partial charge in [0, 0.05) is 11.5 Å². The van der Waals surface area contributed by atoms with Crippen molar-refractivity contribution in [2.24, 2.45) is 0 Å². The fourth-order valence-corrected chi connectivity index (χ4v) is 1.86. The standard InChI is InChI=1S/C10H14N2OS/c1-13-10-8(4-5-14)9(7-2-3-7)11-6-12-10/h6-7,14H,2-5H2,1H3. The first kappa shape index (κ1) is 9.77. The zero-order valence-electron chi connectivity index (χ0n) is 8.23. The first-order chi connectivity index (χ1) is 6.86. The summed E-state index contributed by atoms with van der Waals surface area (Å²) in [5.41, 5.74) is 2.32. The van der Waals surface area contributed by atoms with E-state index in [-0.39, 0.29) is 0 Å². The predicted molar refractivity (Wildman–Crippen MR) is 58.1 cm³/mol. The van der Waals surface area contributed by atoms with Crippen LogP contribution in [0.5, 0.6) is 5.88 Å². The van der Waals surface area contributed by atoms with Crippen LogP contribution >= 0.6 is 12.6 Å². The lowest BCUT2D eigenvalue weighted by Crippen LogP contribution is -2.03. The lowest BCUT2D eigenvalue weighted by Gasteiger charge is -2.09. The van der Waals surface area contributed by atoms with E-state index in [2.05, 4.69) is 22.6 Å². The lowest BCUT2D eigenvalue weighted by molar-refractivity contribution is 0.390. The van der Waals surface area contributed by atoms with Crippen LogP contribution in [0.15, 0.2) is 6.33 Å². The van der Waals surface area contributed by atoms with E-state index >= 15 is 0 Å². The minimum atomic E-state index is 0.641. The number of nitrogens with zero attached hydrogens (tertiary/aromatic N) is 2. The molecule has 1 fully saturated rings. The van der Waals surface area contributed by atoms with Crippen LogP contribution in [0.2, 0.25) is 0 Å². The highest BCUT2D eigenvalue weighted by Gasteiger charge is 2.28. The molecule has 1 aliphatic carbocycles. The Hall–Kier alpha value is -0.770. The van der Waals surface area contributed by atoms with Crippen molar-refractivity contribution < 1.29 is 4.74 Å². The van der Waals surface area contributed by atoms with Crippen LogP contribution in [0.4, 0.5) is 0 Å². The van der Waals surface area contributed by atoms with Gasteiger partial charge in [0.15, 0.2) is 0 Å². The first-order valence-electron chi connectivity index (χ1n) is 4.85. The molecule has 0 N–H and O–H groups in total. The van der Waals surface area contributed by atoms with Gasteiger partial charge in [0.05, 0.1) is 12.8 Å². The van der Waals surface area contributed by atoms with Crippen LogP contribution in [-0.4, -0.2) is 22.8 Å². The Labute approximate surface area is 89.3 Å². The molecular formula is C10H14N2OS. The smallest absolute Gasteiger partial charge is 0.219 e. The molecule has 0 amide bonds. The summed E-state index contributed by atoms with van der Waals surface area (Å²) >= 11 is 4.24. The van der Waals surface area contributed by atoms with E-state index < -0.39 is 0 Å². The predicted octanol–water partition coefficient (Wildman–Crippen LogP) is 1.83. The van der Waals surface area contributed by atoms with Gasteiger partial charge in [-0.25, -0.2) is 9.97 Å². The molecule has 76 valence electrons. The number of hydrogen-bond acceptors (Lipinski definition) is 4. The average molecular weight is 210 g/mol. The van der Waals surface area contributed by atoms with Gasteiger partial charge in [0.25, 0.3) is 0 Å². The third kappa shape index (κ3) is 1.85. The van der Waals surface area contributed by atoms with Gasteiger partial charge in [-0.05, 0) is 25.0 Å². The molecule has 2 rings (SSSR count). The quantitative estimate of drug-likeness (QED) is 0.770. The van der Waals surface area contributed by atoms with Crippen molar-refractivity contribution in [1.82, 2.24) is 9.97 Å². The van der Waals surface area contributed by atoms with Gasteiger partial charge in [-0.2, -0.15) is 12.6 Å². The van der Waals surface area contributed by atoms with Crippen molar-refractivity contribution in [3.05, 3.63) is 17.6 Å². The first-order valence-corrected chi connectivity index (χ1v) is 5.48. The van der Waals surface area contributed by atoms with Crippen molar-refractivity contribution >= 4 is 12.6 Å². The summed E-state index contributed by atoms with van der Waals surface area (Å²) in [4.78, 5) is 8.46. The van der Waals surface area contributed by atoms with Crippen LogP contribution in [0.3, 0.4) is 0 Å². The zero-order valence-corrected chi connectivity index (χ0v) is 9.13. The van der Waals surface area contributed by atoms with Gasteiger partial charge < -0.3 is 4.74 Å². The number of ether oxygens (including phenoxy) is 1. The molecule has 1 aromatic rings. The second-order valence-corrected chi connectivity index (χ2v) is 3.94. The van der Waals surface area contributed by atoms with E-state index in [9.17, 15) is 0 Å². The van der Waals surface area contributed by atoms with Crippen molar-refractivity contribution in [2.75, 3.05) is 12.9 Å². The highest BCUT2D eigenvalue weighted by molar-refractivity contribution is 7.80. The molecular weight excluding hydrogens is 196 g/mol. The van der Waals surface area contributed by atoms with Crippen LogP contribution in [-0.2, 0) is 6.42 Å². The molecule has 0 atom stereocenters. The summed E-state index contributed by atoms with van der Waals surface area (Å²) in [6, 6.07) is 0. The van der Waals surface area contributed by atoms with Gasteiger partial charge in [-0.15, -0.1) is 0 Å². The summed E-state index contributed by atoms with van der Waals surface area (Å²) in [7, 11) is 1.65. The molecule has 4 heteroatoms. The molecule has 0 saturated heterocycles. The van der Waals surface area contributed by atoms with Gasteiger partial charge in [-0.3, -0.25) is 0 Å². The van der Waals surface area contributed by atoms with E-state index in [1.165, 1.54) is 18.5 Å². The van der Waals surface area contributed by atoms with Crippen LogP contribution in [0.1, 0.15) is 30.0 Å². The van der Waals surface area contributed by atoms with E-state index in [1.807, 2.05) is 0 Å². The summed E-state index contributed by atoms with van der Waals surface area (Å²) in [6.45, 7) is 0. The summed E-state index contributed by atoms with van der Waals surface area (Å²) in [5.74, 6) is 2.17. The monoisotopic (exact) mass is 210 g/mol. The minimum absolute atomic E-state index is 0.641. The Morgan fingerprint density at radius 1 is 1.50 bits per heavy atom. The third-order valence-corrected chi connectivity index (χ3v) is 2.68. The molecule has 14 heavy (non-hydrogen) atoms. The summed E-state index contributed by atoms with van der Waals surface area (Å²) in [5, 5.41) is 0. The second-order valence-electron chi connectivity index (χ2n) is 3.49. The van der Waals surface area contributed by atoms with Crippen LogP contribution in [0, 0.1) is 0 Å². The number of hydrogen-bond donors (Lipinski definition) is 1. The minimum Gasteiger partial charge on any atom is -0.481 e. The van der Waals surface area contributed by atoms with Crippen molar-refractivity contribution in [3.63, 3.8) is 0 Å². The Morgan fingerprint density at radius 3 is 2.86 bits per heavy atom. The highest BCUT2D eigenvalue weighted by atomic mass is 32.1. The maximum atomic E-state index is 5.23. The van der Waals surface area contributed by atoms with Gasteiger partial charge in [-0.1, -0.05) is 0 Å². The van der Waals surface area contributed by atoms with E-state index in [0.717, 1.165) is 23.6 Å². The zero-order chi connectivity index (χ0) is 9.97. The van der Waals surface area contributed by atoms with E-state index in [4.69, 9.17) is 4.74 Å². The molecule has 1 aromatic heterocycles. The third-order valence-electron chi connectivity index (χ3n) is 2.46. The topological polar surface area (TPSA) is 35.0 Å². The fraction of sp³-hybridized carbons (Fsp3) is 0.600. The normalized spacial score (nSPS) is 15.6. The Balaban J connectivity index is 2.36. The molecule has 0 bridgehead atoms. The number of thiol groups is 1. The molecule has 0 unspecified atom stereocenters. The molecule has 1 aliphatic rings. The SMILES string of the molecule is COc1ncnc(C2CC2)c1CCS. The lowest BCUT2D eigenvalue weighted by atomic mass is 10.1. The highest BCUT2D eigenvalue weighted by Crippen LogP contribution is 2.41. The van der Waals surface area contributed by atoms with E-state index in [1.54, 1.807) is 13.4 Å². The largest absolute Gasteiger partial charge is 0.481 e. The number of rotatable bonds is 4. The number of methoxy groups -OCH3 is 1. The van der Waals surface area contributed by atoms with Crippen molar-refractivity contribution in [3.8, 4) is 5.88 Å². The van der Waals surface area contributed by atoms with Crippen molar-refractivity contribution in [2.45, 2.75) is 25.2 Å². The van der Waals surface area contributed by atoms with Gasteiger partial charge in [0.1, 0.15) is 6.33 Å². The molecule has 0 aliphatic heterocycles. The molecule has 0 spiro atoms. The van der Waals surface area contributed by atoms with E-state index in [0.29, 0.717) is 5.92 Å². The Morgan fingerprint density at radius 2 is 2.29 bits per heavy atom. The van der Waals surface area contributed by atoms with Crippen LogP contribution < -0.4 is 4.74 Å². The molecule has 1 saturated carbocycles. The summed E-state index contributed by atoms with van der Waals surface area (Å²) < 4.78 is 5.23. The maximum absolute atomic E-state index is 5.23. The van der Waals surface area contributed by atoms with Crippen molar-refractivity contribution in [1.29, 1.82) is 0 Å². The van der Waals surface area contributed by atoms with Crippen LogP contribution in [0.25, 0.3) is 0 Å².